The van der Waals surface area contributed by atoms with E-state index in [2.05, 4.69) is 253 Å². The van der Waals surface area contributed by atoms with Crippen LogP contribution in [0.3, 0.4) is 0 Å². The third kappa shape index (κ3) is 6.92. The molecule has 0 saturated heterocycles. The Bertz CT molecular complexity index is 3700. The molecule has 0 atom stereocenters. The number of aryl methyl sites for hydroxylation is 1. The molecule has 2 nitrogen and oxygen atoms in total. The maximum absolute atomic E-state index is 2.42. The molecule has 0 amide bonds. The molecule has 0 bridgehead atoms. The third-order valence-electron chi connectivity index (χ3n) is 13.2. The number of rotatable bonds is 9. The molecular formula is C63H46N2. The highest BCUT2D eigenvalue weighted by atomic mass is 15.0. The molecular weight excluding hydrogens is 785 g/mol. The first-order chi connectivity index (χ1) is 32.2. The van der Waals surface area contributed by atoms with Crippen LogP contribution in [0, 0.1) is 0 Å². The van der Waals surface area contributed by atoms with Crippen molar-refractivity contribution in [2.24, 2.45) is 0 Å². The summed E-state index contributed by atoms with van der Waals surface area (Å²) in [5.41, 5.74) is 20.7. The molecule has 10 aromatic carbocycles. The lowest BCUT2D eigenvalue weighted by Gasteiger charge is -2.12. The summed E-state index contributed by atoms with van der Waals surface area (Å²) in [6, 6.07) is 87.0. The van der Waals surface area contributed by atoms with Gasteiger partial charge in [0.25, 0.3) is 0 Å². The van der Waals surface area contributed by atoms with Crippen LogP contribution in [0.1, 0.15) is 18.9 Å². The van der Waals surface area contributed by atoms with Crippen molar-refractivity contribution in [3.05, 3.63) is 242 Å². The van der Waals surface area contributed by atoms with Gasteiger partial charge in [-0.05, 0) is 134 Å². The smallest absolute Gasteiger partial charge is 0.0541 e. The summed E-state index contributed by atoms with van der Waals surface area (Å²) in [5, 5.41) is 4.99. The van der Waals surface area contributed by atoms with Crippen molar-refractivity contribution >= 4 is 43.6 Å². The molecule has 0 fully saturated rings. The maximum atomic E-state index is 2.42. The molecule has 2 heterocycles. The molecule has 308 valence electrons. The van der Waals surface area contributed by atoms with Crippen LogP contribution in [-0.2, 0) is 6.42 Å². The van der Waals surface area contributed by atoms with Gasteiger partial charge >= 0.3 is 0 Å². The second-order valence-electron chi connectivity index (χ2n) is 17.2. The highest BCUT2D eigenvalue weighted by molar-refractivity contribution is 6.12. The molecule has 0 aliphatic heterocycles. The molecule has 0 saturated carbocycles. The van der Waals surface area contributed by atoms with Crippen LogP contribution in [0.2, 0.25) is 0 Å². The lowest BCUT2D eigenvalue weighted by atomic mass is 9.98. The zero-order valence-corrected chi connectivity index (χ0v) is 36.3. The summed E-state index contributed by atoms with van der Waals surface area (Å²) in [5.74, 6) is 0. The van der Waals surface area contributed by atoms with Crippen molar-refractivity contribution in [3.63, 3.8) is 0 Å². The Morgan fingerprint density at radius 1 is 0.262 bits per heavy atom. The van der Waals surface area contributed by atoms with Gasteiger partial charge in [0.2, 0.25) is 0 Å². The van der Waals surface area contributed by atoms with Gasteiger partial charge in [-0.2, -0.15) is 0 Å². The zero-order valence-electron chi connectivity index (χ0n) is 36.3. The van der Waals surface area contributed by atoms with Crippen LogP contribution < -0.4 is 0 Å². The molecule has 0 spiro atoms. The molecule has 2 aromatic heterocycles. The fourth-order valence-electron chi connectivity index (χ4n) is 10.0. The lowest BCUT2D eigenvalue weighted by molar-refractivity contribution is 0.922. The predicted molar refractivity (Wildman–Crippen MR) is 276 cm³/mol. The van der Waals surface area contributed by atoms with Gasteiger partial charge in [0, 0.05) is 32.9 Å². The highest BCUT2D eigenvalue weighted by Gasteiger charge is 2.17. The van der Waals surface area contributed by atoms with Gasteiger partial charge < -0.3 is 9.13 Å². The quantitative estimate of drug-likeness (QED) is 0.137. The van der Waals surface area contributed by atoms with Crippen molar-refractivity contribution in [1.82, 2.24) is 9.13 Å². The van der Waals surface area contributed by atoms with E-state index in [1.807, 2.05) is 0 Å². The second-order valence-corrected chi connectivity index (χ2v) is 17.2. The highest BCUT2D eigenvalue weighted by Crippen LogP contribution is 2.39. The molecule has 2 heteroatoms. The Balaban J connectivity index is 0.889. The number of hydrogen-bond acceptors (Lipinski definition) is 0. The maximum Gasteiger partial charge on any atom is 0.0541 e. The summed E-state index contributed by atoms with van der Waals surface area (Å²) in [6.07, 6.45) is 2.26. The molecule has 65 heavy (non-hydrogen) atoms. The molecule has 0 N–H and O–H groups in total. The van der Waals surface area contributed by atoms with E-state index in [4.69, 9.17) is 0 Å². The molecule has 12 aromatic rings. The molecule has 0 unspecified atom stereocenters. The van der Waals surface area contributed by atoms with E-state index in [9.17, 15) is 0 Å². The molecule has 0 aliphatic carbocycles. The number of nitrogens with zero attached hydrogens (tertiary/aromatic N) is 2. The minimum absolute atomic E-state index is 1.11. The second kappa shape index (κ2) is 16.2. The van der Waals surface area contributed by atoms with E-state index < -0.39 is 0 Å². The number of para-hydroxylation sites is 2. The summed E-state index contributed by atoms with van der Waals surface area (Å²) in [7, 11) is 0. The molecule has 12 rings (SSSR count). The predicted octanol–water partition coefficient (Wildman–Crippen LogP) is 17.2. The molecule has 0 radical (unpaired) electrons. The van der Waals surface area contributed by atoms with Crippen molar-refractivity contribution in [3.8, 4) is 67.0 Å². The van der Waals surface area contributed by atoms with E-state index in [-0.39, 0.29) is 0 Å². The average molecular weight is 831 g/mol. The van der Waals surface area contributed by atoms with E-state index in [0.717, 1.165) is 24.2 Å². The van der Waals surface area contributed by atoms with Crippen LogP contribution in [0.15, 0.2) is 237 Å². The Labute approximate surface area is 379 Å². The number of benzene rings is 10. The van der Waals surface area contributed by atoms with Gasteiger partial charge in [0.1, 0.15) is 0 Å². The van der Waals surface area contributed by atoms with Gasteiger partial charge in [-0.3, -0.25) is 0 Å². The summed E-state index contributed by atoms with van der Waals surface area (Å²) < 4.78 is 4.83. The van der Waals surface area contributed by atoms with Crippen LogP contribution in [-0.4, -0.2) is 9.13 Å². The van der Waals surface area contributed by atoms with E-state index in [0.29, 0.717) is 0 Å². The Morgan fingerprint density at radius 2 is 0.662 bits per heavy atom. The topological polar surface area (TPSA) is 9.86 Å². The number of fused-ring (bicyclic) bond motifs is 6. The van der Waals surface area contributed by atoms with Crippen LogP contribution in [0.4, 0.5) is 0 Å². The normalized spacial score (nSPS) is 11.6. The van der Waals surface area contributed by atoms with Crippen LogP contribution in [0.25, 0.3) is 111 Å². The van der Waals surface area contributed by atoms with Crippen LogP contribution >= 0.6 is 0 Å². The van der Waals surface area contributed by atoms with E-state index in [1.54, 1.807) is 0 Å². The fraction of sp³-hybridized carbons (Fsp3) is 0.0476. The Morgan fingerprint density at radius 3 is 1.25 bits per heavy atom. The average Bonchev–Trinajstić information content (AvgIpc) is 3.89. The first kappa shape index (κ1) is 38.5. The summed E-state index contributed by atoms with van der Waals surface area (Å²) in [4.78, 5) is 0. The van der Waals surface area contributed by atoms with Crippen molar-refractivity contribution in [1.29, 1.82) is 0 Å². The van der Waals surface area contributed by atoms with E-state index >= 15 is 0 Å². The first-order valence-corrected chi connectivity index (χ1v) is 22.8. The summed E-state index contributed by atoms with van der Waals surface area (Å²) >= 11 is 0. The monoisotopic (exact) mass is 830 g/mol. The van der Waals surface area contributed by atoms with E-state index in [1.165, 1.54) is 105 Å². The zero-order chi connectivity index (χ0) is 43.3. The van der Waals surface area contributed by atoms with Crippen LogP contribution in [0.5, 0.6) is 0 Å². The van der Waals surface area contributed by atoms with Crippen molar-refractivity contribution < 1.29 is 0 Å². The third-order valence-corrected chi connectivity index (χ3v) is 13.2. The Hall–Kier alpha value is -8.20. The number of aromatic nitrogens is 2. The van der Waals surface area contributed by atoms with Gasteiger partial charge in [-0.15, -0.1) is 0 Å². The standard InChI is InChI=1S/C63H46N2/c1-2-13-43-14-10-17-48(38-43)45-26-28-46(29-27-45)51-20-12-21-55(40-51)65-61-25-9-7-23-57(61)59-42-53(33-37-63(59)65)52-32-36-62-58(41-52)56-22-6-8-24-60(56)64(62)54-34-30-47(31-35-54)50-19-11-18-49(39-50)44-15-4-3-5-16-44/h3-12,14-42H,2,13H2,1H3. The van der Waals surface area contributed by atoms with Gasteiger partial charge in [-0.1, -0.05) is 183 Å². The van der Waals surface area contributed by atoms with Gasteiger partial charge in [0.05, 0.1) is 22.1 Å². The SMILES string of the molecule is CCCc1cccc(-c2ccc(-c3cccc(-n4c5ccccc5c5cc(-c6ccc7c(c6)c6ccccc6n7-c6ccc(-c7cccc(-c8ccccc8)c7)cc6)ccc54)c3)cc2)c1. The largest absolute Gasteiger partial charge is 0.309 e. The minimum Gasteiger partial charge on any atom is -0.309 e. The lowest BCUT2D eigenvalue weighted by Crippen LogP contribution is -1.94. The van der Waals surface area contributed by atoms with Crippen molar-refractivity contribution in [2.45, 2.75) is 19.8 Å². The first-order valence-electron chi connectivity index (χ1n) is 22.8. The summed E-state index contributed by atoms with van der Waals surface area (Å²) in [6.45, 7) is 2.24. The molecule has 0 aliphatic rings. The Kier molecular flexibility index (Phi) is 9.57. The minimum atomic E-state index is 1.11. The van der Waals surface area contributed by atoms with Gasteiger partial charge in [-0.25, -0.2) is 0 Å². The fourth-order valence-corrected chi connectivity index (χ4v) is 10.0. The van der Waals surface area contributed by atoms with Crippen molar-refractivity contribution in [2.75, 3.05) is 0 Å². The number of hydrogen-bond donors (Lipinski definition) is 0. The van der Waals surface area contributed by atoms with Gasteiger partial charge in [0.15, 0.2) is 0 Å².